The van der Waals surface area contributed by atoms with Crippen LogP contribution in [0.1, 0.15) is 80.6 Å². The van der Waals surface area contributed by atoms with Crippen molar-refractivity contribution in [2.24, 2.45) is 34.0 Å². The molecule has 0 heterocycles. The predicted molar refractivity (Wildman–Crippen MR) is 185 cm³/mol. The molecule has 0 saturated carbocycles. The van der Waals surface area contributed by atoms with Gasteiger partial charge >= 0.3 is 11.9 Å². The van der Waals surface area contributed by atoms with Gasteiger partial charge in [-0.25, -0.2) is 0 Å². The molecule has 0 fully saturated rings. The topological polar surface area (TPSA) is 340 Å². The Morgan fingerprint density at radius 3 is 1.59 bits per heavy atom. The Morgan fingerprint density at radius 1 is 0.608 bits per heavy atom. The Bertz CT molecular complexity index is 1270. The van der Waals surface area contributed by atoms with Crippen LogP contribution in [-0.4, -0.2) is 112 Å². The molecule has 290 valence electrons. The van der Waals surface area contributed by atoms with Gasteiger partial charge in [-0.1, -0.05) is 27.7 Å². The maximum absolute atomic E-state index is 13.5. The zero-order valence-electron chi connectivity index (χ0n) is 30.3. The van der Waals surface area contributed by atoms with Crippen LogP contribution in [0.5, 0.6) is 0 Å². The fraction of sp³-hybridized carbons (Fsp3) is 0.710. The molecule has 0 aromatic carbocycles. The molecule has 0 aliphatic carbocycles. The highest BCUT2D eigenvalue weighted by molar-refractivity contribution is 5.97. The Morgan fingerprint density at radius 2 is 1.10 bits per heavy atom. The van der Waals surface area contributed by atoms with Crippen LogP contribution in [0.25, 0.3) is 0 Å². The first-order valence-corrected chi connectivity index (χ1v) is 16.6. The molecule has 0 aromatic heterocycles. The molecule has 20 nitrogen and oxygen atoms in total. The smallest absolute Gasteiger partial charge is 0.325 e. The van der Waals surface area contributed by atoms with Gasteiger partial charge in [0.2, 0.25) is 35.4 Å². The van der Waals surface area contributed by atoms with Crippen LogP contribution in [0.15, 0.2) is 4.99 Å². The highest BCUT2D eigenvalue weighted by atomic mass is 16.4. The molecule has 20 heteroatoms. The molecule has 14 N–H and O–H groups in total. The molecule has 6 amide bonds. The monoisotopic (exact) mass is 728 g/mol. The Hall–Kier alpha value is -5.01. The van der Waals surface area contributed by atoms with Crippen LogP contribution in [0.3, 0.4) is 0 Å². The maximum Gasteiger partial charge on any atom is 0.325 e. The molecule has 0 spiro atoms. The average Bonchev–Trinajstić information content (AvgIpc) is 3.01. The number of hydrogen-bond acceptors (Lipinski definition) is 10. The largest absolute Gasteiger partial charge is 0.481 e. The van der Waals surface area contributed by atoms with Crippen molar-refractivity contribution in [3.63, 3.8) is 0 Å². The first-order valence-electron chi connectivity index (χ1n) is 16.6. The van der Waals surface area contributed by atoms with E-state index in [0.717, 1.165) is 0 Å². The maximum atomic E-state index is 13.5. The number of nitrogens with one attached hydrogen (secondary N) is 6. The van der Waals surface area contributed by atoms with Gasteiger partial charge in [0, 0.05) is 13.0 Å². The van der Waals surface area contributed by atoms with E-state index in [4.69, 9.17) is 27.4 Å². The minimum atomic E-state index is -1.43. The molecule has 51 heavy (non-hydrogen) atoms. The molecule has 0 aromatic rings. The summed E-state index contributed by atoms with van der Waals surface area (Å²) in [7, 11) is 0. The van der Waals surface area contributed by atoms with Gasteiger partial charge < -0.3 is 59.3 Å². The van der Waals surface area contributed by atoms with Crippen LogP contribution >= 0.6 is 0 Å². The van der Waals surface area contributed by atoms with Gasteiger partial charge in [0.15, 0.2) is 5.96 Å². The van der Waals surface area contributed by atoms with E-state index in [9.17, 15) is 38.4 Å². The molecule has 0 radical (unpaired) electrons. The van der Waals surface area contributed by atoms with Crippen LogP contribution in [0.2, 0.25) is 0 Å². The van der Waals surface area contributed by atoms with Crippen molar-refractivity contribution in [1.29, 1.82) is 0 Å². The van der Waals surface area contributed by atoms with Crippen molar-refractivity contribution in [3.8, 4) is 0 Å². The molecule has 0 aliphatic heterocycles. The summed E-state index contributed by atoms with van der Waals surface area (Å²) >= 11 is 0. The standard InChI is InChI=1S/C31H56N10O10/c1-14(2)13-21(28(48)36-17(6)25(45)39-20(10-11-22(42)43)26(46)37-18(7)30(50)51)40-29(49)23(15(3)4)41-27(47)19(38-24(44)16(5)32)9-8-12-35-31(33)34/h14-21,23H,8-13,32H2,1-7H3,(H,36,48)(H,37,46)(H,38,44)(H,39,45)(H,40,49)(H,41,47)(H,42,43)(H,50,51)(H4,33,34,35). The fourth-order valence-corrected chi connectivity index (χ4v) is 4.42. The van der Waals surface area contributed by atoms with Crippen LogP contribution in [-0.2, 0) is 38.4 Å². The second kappa shape index (κ2) is 22.7. The number of amides is 6. The minimum absolute atomic E-state index is 0.114. The van der Waals surface area contributed by atoms with Crippen molar-refractivity contribution < 1.29 is 48.6 Å². The number of carbonyl (C=O) groups excluding carboxylic acids is 6. The van der Waals surface area contributed by atoms with Gasteiger partial charge in [-0.05, 0) is 58.3 Å². The normalized spacial score (nSPS) is 15.1. The molecular formula is C31H56N10O10. The molecule has 7 unspecified atom stereocenters. The summed E-state index contributed by atoms with van der Waals surface area (Å²) in [5, 5.41) is 32.9. The first-order chi connectivity index (χ1) is 23.6. The second-order valence-corrected chi connectivity index (χ2v) is 13.0. The van der Waals surface area contributed by atoms with E-state index in [1.165, 1.54) is 20.8 Å². The summed E-state index contributed by atoms with van der Waals surface area (Å²) in [6, 6.07) is -8.38. The summed E-state index contributed by atoms with van der Waals surface area (Å²) in [5.74, 6) is -7.92. The lowest BCUT2D eigenvalue weighted by atomic mass is 9.99. The fourth-order valence-electron chi connectivity index (χ4n) is 4.42. The van der Waals surface area contributed by atoms with E-state index in [-0.39, 0.29) is 37.7 Å². The van der Waals surface area contributed by atoms with Crippen molar-refractivity contribution >= 4 is 53.3 Å². The van der Waals surface area contributed by atoms with Gasteiger partial charge in [0.25, 0.3) is 0 Å². The number of aliphatic carboxylic acids is 2. The van der Waals surface area contributed by atoms with Gasteiger partial charge in [0.1, 0.15) is 36.3 Å². The zero-order valence-corrected chi connectivity index (χ0v) is 30.3. The van der Waals surface area contributed by atoms with Gasteiger partial charge in [-0.15, -0.1) is 0 Å². The Kier molecular flexibility index (Phi) is 20.4. The molecule has 0 saturated heterocycles. The average molecular weight is 729 g/mol. The SMILES string of the molecule is CC(C)CC(NC(=O)C(NC(=O)C(CCCN=C(N)N)NC(=O)C(C)N)C(C)C)C(=O)NC(C)C(=O)NC(CCC(=O)O)C(=O)NC(C)C(=O)O. The number of guanidine groups is 1. The number of carboxylic acids is 2. The highest BCUT2D eigenvalue weighted by Crippen LogP contribution is 2.10. The van der Waals surface area contributed by atoms with Crippen molar-refractivity contribution in [1.82, 2.24) is 31.9 Å². The summed E-state index contributed by atoms with van der Waals surface area (Å²) in [6.45, 7) is 11.0. The number of nitrogens with two attached hydrogens (primary N) is 3. The Balaban J connectivity index is 5.89. The highest BCUT2D eigenvalue weighted by Gasteiger charge is 2.33. The van der Waals surface area contributed by atoms with E-state index in [1.54, 1.807) is 27.7 Å². The van der Waals surface area contributed by atoms with E-state index in [0.29, 0.717) is 6.42 Å². The third-order valence-electron chi connectivity index (χ3n) is 7.34. The van der Waals surface area contributed by atoms with Gasteiger partial charge in [0.05, 0.1) is 6.04 Å². The van der Waals surface area contributed by atoms with E-state index in [2.05, 4.69) is 36.9 Å². The zero-order chi connectivity index (χ0) is 39.6. The number of hydrogen-bond donors (Lipinski definition) is 11. The van der Waals surface area contributed by atoms with Crippen LogP contribution in [0.4, 0.5) is 0 Å². The van der Waals surface area contributed by atoms with E-state index >= 15 is 0 Å². The van der Waals surface area contributed by atoms with Crippen molar-refractivity contribution in [2.45, 2.75) is 123 Å². The summed E-state index contributed by atoms with van der Waals surface area (Å²) < 4.78 is 0. The molecule has 7 atom stereocenters. The van der Waals surface area contributed by atoms with Crippen LogP contribution in [0, 0.1) is 11.8 Å². The Labute approximate surface area is 297 Å². The lowest BCUT2D eigenvalue weighted by Crippen LogP contribution is -2.60. The number of aliphatic imine (C=N–C) groups is 1. The minimum Gasteiger partial charge on any atom is -0.481 e. The first kappa shape index (κ1) is 46.0. The van der Waals surface area contributed by atoms with E-state index < -0.39 is 102 Å². The van der Waals surface area contributed by atoms with Gasteiger partial charge in [-0.3, -0.25) is 43.3 Å². The number of carboxylic acid groups (broad SMARTS) is 2. The lowest BCUT2D eigenvalue weighted by Gasteiger charge is -2.28. The summed E-state index contributed by atoms with van der Waals surface area (Å²) in [6.07, 6.45) is -0.334. The molecule has 0 rings (SSSR count). The predicted octanol–water partition coefficient (Wildman–Crippen LogP) is -3.01. The van der Waals surface area contributed by atoms with E-state index in [1.807, 2.05) is 0 Å². The number of nitrogens with zero attached hydrogens (tertiary/aromatic N) is 1. The summed E-state index contributed by atoms with van der Waals surface area (Å²) in [5.41, 5.74) is 16.4. The van der Waals surface area contributed by atoms with Crippen molar-refractivity contribution in [3.05, 3.63) is 0 Å². The second-order valence-electron chi connectivity index (χ2n) is 13.0. The number of carbonyl (C=O) groups is 8. The quantitative estimate of drug-likeness (QED) is 0.0284. The number of rotatable bonds is 23. The molecular weight excluding hydrogens is 672 g/mol. The lowest BCUT2D eigenvalue weighted by molar-refractivity contribution is -0.142. The molecule has 0 bridgehead atoms. The molecule has 0 aliphatic rings. The van der Waals surface area contributed by atoms with Crippen molar-refractivity contribution in [2.75, 3.05) is 6.54 Å². The van der Waals surface area contributed by atoms with Gasteiger partial charge in [-0.2, -0.15) is 0 Å². The third kappa shape index (κ3) is 18.5. The third-order valence-corrected chi connectivity index (χ3v) is 7.34. The van der Waals surface area contributed by atoms with Crippen LogP contribution < -0.4 is 49.1 Å². The summed E-state index contributed by atoms with van der Waals surface area (Å²) in [4.78, 5) is 104.